The van der Waals surface area contributed by atoms with E-state index in [-0.39, 0.29) is 55.3 Å². The van der Waals surface area contributed by atoms with E-state index >= 15 is 0 Å². The Morgan fingerprint density at radius 1 is 0.953 bits per heavy atom. The van der Waals surface area contributed by atoms with Gasteiger partial charge in [0, 0.05) is 35.5 Å². The minimum absolute atomic E-state index is 0.00801. The van der Waals surface area contributed by atoms with Crippen molar-refractivity contribution in [2.75, 3.05) is 6.61 Å². The van der Waals surface area contributed by atoms with Crippen LogP contribution in [0.5, 0.6) is 5.75 Å². The number of hydrogen-bond acceptors (Lipinski definition) is 7. The summed E-state index contributed by atoms with van der Waals surface area (Å²) in [4.78, 5) is 56.3. The van der Waals surface area contributed by atoms with Crippen LogP contribution in [0.1, 0.15) is 78.4 Å². The third kappa shape index (κ3) is 8.22. The molecule has 4 N–H and O–H groups in total. The molecule has 2 atom stereocenters. The highest BCUT2D eigenvalue weighted by molar-refractivity contribution is 7.80. The summed E-state index contributed by atoms with van der Waals surface area (Å²) in [5.41, 5.74) is -0.133. The lowest BCUT2D eigenvalue weighted by atomic mass is 9.80. The Morgan fingerprint density at radius 2 is 1.56 bits per heavy atom. The molecule has 2 rings (SSSR count). The largest absolute Gasteiger partial charge is 0.480 e. The highest BCUT2D eigenvalue weighted by Gasteiger charge is 2.59. The van der Waals surface area contributed by atoms with Gasteiger partial charge in [0.1, 0.15) is 11.8 Å². The van der Waals surface area contributed by atoms with Crippen LogP contribution in [-0.4, -0.2) is 50.3 Å². The molecule has 238 valence electrons. The van der Waals surface area contributed by atoms with Gasteiger partial charge in [-0.2, -0.15) is 0 Å². The molecule has 0 fully saturated rings. The van der Waals surface area contributed by atoms with E-state index in [4.69, 9.17) is 9.26 Å². The van der Waals surface area contributed by atoms with Crippen molar-refractivity contribution in [3.63, 3.8) is 0 Å². The molecule has 43 heavy (non-hydrogen) atoms. The Morgan fingerprint density at radius 3 is 2.05 bits per heavy atom. The van der Waals surface area contributed by atoms with E-state index in [1.54, 1.807) is 58.0 Å². The van der Waals surface area contributed by atoms with Gasteiger partial charge < -0.3 is 29.5 Å². The highest BCUT2D eigenvalue weighted by atomic mass is 31.2. The van der Waals surface area contributed by atoms with Crippen molar-refractivity contribution in [3.05, 3.63) is 59.7 Å². The number of esters is 1. The van der Waals surface area contributed by atoms with Crippen molar-refractivity contribution in [3.8, 4) is 5.75 Å². The predicted molar refractivity (Wildman–Crippen MR) is 164 cm³/mol. The van der Waals surface area contributed by atoms with Gasteiger partial charge in [0.2, 0.25) is 13.3 Å². The first-order valence-corrected chi connectivity index (χ1v) is 17.5. The number of hydrogen-bond donors (Lipinski definition) is 4. The molecule has 0 aliphatic rings. The summed E-state index contributed by atoms with van der Waals surface area (Å²) in [5.74, 6) is -2.29. The van der Waals surface area contributed by atoms with E-state index in [1.165, 1.54) is 32.0 Å². The minimum Gasteiger partial charge on any atom is -0.480 e. The first-order chi connectivity index (χ1) is 20.0. The van der Waals surface area contributed by atoms with Crippen molar-refractivity contribution >= 4 is 38.1 Å². The Labute approximate surface area is 253 Å². The van der Waals surface area contributed by atoms with Gasteiger partial charge in [-0.05, 0) is 43.5 Å². The molecule has 0 saturated heterocycles. The third-order valence-corrected chi connectivity index (χ3v) is 14.2. The standard InChI is InChI=1S/C30H43NO10P2/c1-7-27(33)41-25-17-16-22(42(36,40-10-4)30(8-2,9-3)43(37,38)39)19-23(25)29(5,6)20-26(32)31-24(28(34)35)18-21-14-12-11-13-15-21/h11-17,19,24H,7-10,18,20H2,1-6H3,(H,31,32)(H,34,35)(H2,37,38,39)/t24-,42?/m0/s1. The molecule has 0 saturated carbocycles. The molecule has 13 heteroatoms. The van der Waals surface area contributed by atoms with Crippen molar-refractivity contribution in [1.82, 2.24) is 5.32 Å². The lowest BCUT2D eigenvalue weighted by Gasteiger charge is -2.39. The molecule has 1 unspecified atom stereocenters. The van der Waals surface area contributed by atoms with Gasteiger partial charge in [0.25, 0.3) is 0 Å². The average Bonchev–Trinajstić information content (AvgIpc) is 2.93. The van der Waals surface area contributed by atoms with Crippen LogP contribution >= 0.6 is 15.0 Å². The number of benzene rings is 2. The zero-order valence-electron chi connectivity index (χ0n) is 25.5. The maximum Gasteiger partial charge on any atom is 0.341 e. The van der Waals surface area contributed by atoms with Crippen LogP contribution in [0.25, 0.3) is 0 Å². The molecule has 0 aliphatic carbocycles. The third-order valence-electron chi connectivity index (χ3n) is 7.60. The number of carbonyl (C=O) groups excluding carboxylic acids is 2. The average molecular weight is 640 g/mol. The van der Waals surface area contributed by atoms with E-state index in [9.17, 15) is 38.4 Å². The molecule has 0 aromatic heterocycles. The Hall–Kier alpha value is -2.81. The van der Waals surface area contributed by atoms with Gasteiger partial charge >= 0.3 is 19.5 Å². The molecule has 2 aromatic rings. The zero-order valence-corrected chi connectivity index (χ0v) is 27.3. The summed E-state index contributed by atoms with van der Waals surface area (Å²) in [7, 11) is -9.27. The maximum absolute atomic E-state index is 14.7. The molecule has 1 amide bonds. The van der Waals surface area contributed by atoms with E-state index in [0.717, 1.165) is 5.56 Å². The number of nitrogens with one attached hydrogen (secondary N) is 1. The van der Waals surface area contributed by atoms with Crippen molar-refractivity contribution < 1.29 is 47.7 Å². The highest BCUT2D eigenvalue weighted by Crippen LogP contribution is 2.75. The number of rotatable bonds is 16. The number of aliphatic carboxylic acids is 1. The summed E-state index contributed by atoms with van der Waals surface area (Å²) >= 11 is 0. The molecule has 0 bridgehead atoms. The number of carboxylic acid groups (broad SMARTS) is 1. The van der Waals surface area contributed by atoms with Crippen LogP contribution in [0.15, 0.2) is 48.5 Å². The molecule has 0 aliphatic heterocycles. The van der Waals surface area contributed by atoms with Crippen LogP contribution in [0.3, 0.4) is 0 Å². The fourth-order valence-corrected chi connectivity index (χ4v) is 10.5. The molecule has 11 nitrogen and oxygen atoms in total. The van der Waals surface area contributed by atoms with Gasteiger partial charge in [-0.25, -0.2) is 4.79 Å². The first-order valence-electron chi connectivity index (χ1n) is 14.2. The second kappa shape index (κ2) is 14.8. The second-order valence-corrected chi connectivity index (χ2v) is 16.0. The van der Waals surface area contributed by atoms with Crippen LogP contribution in [0, 0.1) is 0 Å². The van der Waals surface area contributed by atoms with E-state index in [1.807, 2.05) is 0 Å². The lowest BCUT2D eigenvalue weighted by Crippen LogP contribution is -2.44. The SMILES string of the molecule is CCOP(=O)(c1ccc(OC(=O)CC)c(C(C)(C)CC(=O)N[C@@H](Cc2ccccc2)C(=O)O)c1)C(CC)(CC)P(=O)(O)O. The first kappa shape index (κ1) is 36.4. The van der Waals surface area contributed by atoms with Gasteiger partial charge in [-0.1, -0.05) is 65.0 Å². The Bertz CT molecular complexity index is 1380. The lowest BCUT2D eigenvalue weighted by molar-refractivity contribution is -0.142. The summed E-state index contributed by atoms with van der Waals surface area (Å²) in [6, 6.07) is 11.8. The smallest absolute Gasteiger partial charge is 0.341 e. The quantitative estimate of drug-likeness (QED) is 0.110. The van der Waals surface area contributed by atoms with Crippen molar-refractivity contribution in [2.45, 2.75) is 90.0 Å². The fourth-order valence-electron chi connectivity index (χ4n) is 5.17. The topological polar surface area (TPSA) is 177 Å². The van der Waals surface area contributed by atoms with E-state index < -0.39 is 49.2 Å². The number of ether oxygens (including phenoxy) is 1. The summed E-state index contributed by atoms with van der Waals surface area (Å²) in [6.45, 7) is 9.50. The number of carboxylic acids is 1. The fraction of sp³-hybridized carbons (Fsp3) is 0.500. The molecule has 0 radical (unpaired) electrons. The van der Waals surface area contributed by atoms with Crippen LogP contribution < -0.4 is 15.4 Å². The van der Waals surface area contributed by atoms with Gasteiger partial charge in [0.05, 0.1) is 6.61 Å². The van der Waals surface area contributed by atoms with Gasteiger partial charge in [-0.15, -0.1) is 0 Å². The molecular formula is C30H43NO10P2. The second-order valence-electron chi connectivity index (χ2n) is 10.9. The van der Waals surface area contributed by atoms with Gasteiger partial charge in [0.15, 0.2) is 4.90 Å². The number of amides is 1. The maximum atomic E-state index is 14.7. The predicted octanol–water partition coefficient (Wildman–Crippen LogP) is 5.12. The monoisotopic (exact) mass is 639 g/mol. The normalized spacial score (nSPS) is 14.4. The van der Waals surface area contributed by atoms with E-state index in [2.05, 4.69) is 5.32 Å². The van der Waals surface area contributed by atoms with Crippen LogP contribution in [0.4, 0.5) is 0 Å². The zero-order chi connectivity index (χ0) is 32.6. The summed E-state index contributed by atoms with van der Waals surface area (Å²) < 4.78 is 38.8. The van der Waals surface area contributed by atoms with Crippen LogP contribution in [0.2, 0.25) is 0 Å². The molecule has 0 heterocycles. The molecule has 2 aromatic carbocycles. The van der Waals surface area contributed by atoms with Gasteiger partial charge in [-0.3, -0.25) is 18.7 Å². The van der Waals surface area contributed by atoms with E-state index in [0.29, 0.717) is 0 Å². The molecule has 0 spiro atoms. The summed E-state index contributed by atoms with van der Waals surface area (Å²) in [6.07, 6.45) is -0.428. The Balaban J connectivity index is 2.62. The summed E-state index contributed by atoms with van der Waals surface area (Å²) in [5, 5.41) is 12.3. The molecular weight excluding hydrogens is 596 g/mol. The number of carbonyl (C=O) groups is 3. The minimum atomic E-state index is -4.99. The van der Waals surface area contributed by atoms with Crippen molar-refractivity contribution in [2.24, 2.45) is 0 Å². The Kier molecular flexibility index (Phi) is 12.5. The van der Waals surface area contributed by atoms with Crippen LogP contribution in [-0.2, 0) is 39.9 Å². The van der Waals surface area contributed by atoms with Crippen molar-refractivity contribution in [1.29, 1.82) is 0 Å².